The molecule has 0 aromatic rings. The van der Waals surface area contributed by atoms with Gasteiger partial charge in [0.15, 0.2) is 9.84 Å². The van der Waals surface area contributed by atoms with Gasteiger partial charge in [0.2, 0.25) is 0 Å². The molecule has 1 rings (SSSR count). The number of nitrogens with two attached hydrogens (primary N) is 1. The molecule has 12 heavy (non-hydrogen) atoms. The van der Waals surface area contributed by atoms with Crippen LogP contribution in [0, 0.1) is 5.92 Å². The lowest BCUT2D eigenvalue weighted by atomic mass is 9.97. The van der Waals surface area contributed by atoms with Crippen LogP contribution in [0.15, 0.2) is 0 Å². The summed E-state index contributed by atoms with van der Waals surface area (Å²) in [6.45, 7) is -0.478. The molecule has 0 aromatic heterocycles. The third kappa shape index (κ3) is 2.42. The topological polar surface area (TPSA) is 60.2 Å². The monoisotopic (exact) mass is 195 g/mol. The van der Waals surface area contributed by atoms with Gasteiger partial charge in [-0.25, -0.2) is 8.42 Å². The molecule has 1 fully saturated rings. The maximum atomic E-state index is 12.0. The third-order valence-electron chi connectivity index (χ3n) is 2.32. The Morgan fingerprint density at radius 1 is 1.50 bits per heavy atom. The first-order valence-electron chi connectivity index (χ1n) is 4.07. The first-order chi connectivity index (χ1) is 5.55. The highest BCUT2D eigenvalue weighted by molar-refractivity contribution is 7.91. The first-order valence-corrected chi connectivity index (χ1v) is 5.89. The normalized spacial score (nSPS) is 34.8. The summed E-state index contributed by atoms with van der Waals surface area (Å²) in [5.41, 5.74) is 5.66. The van der Waals surface area contributed by atoms with Crippen LogP contribution in [-0.2, 0) is 9.84 Å². The predicted octanol–water partition coefficient (Wildman–Crippen LogP) is 0.108. The molecule has 0 saturated carbocycles. The Balaban J connectivity index is 2.59. The van der Waals surface area contributed by atoms with Gasteiger partial charge in [-0.15, -0.1) is 0 Å². The third-order valence-corrected chi connectivity index (χ3v) is 4.11. The van der Waals surface area contributed by atoms with Crippen LogP contribution >= 0.6 is 0 Å². The number of rotatable bonds is 2. The van der Waals surface area contributed by atoms with E-state index in [1.165, 1.54) is 0 Å². The van der Waals surface area contributed by atoms with Crippen LogP contribution < -0.4 is 5.73 Å². The molecule has 2 unspecified atom stereocenters. The largest absolute Gasteiger partial charge is 0.327 e. The molecule has 2 N–H and O–H groups in total. The molecule has 3 nitrogen and oxygen atoms in total. The van der Waals surface area contributed by atoms with Gasteiger partial charge in [-0.1, -0.05) is 0 Å². The number of sulfone groups is 1. The van der Waals surface area contributed by atoms with Crippen LogP contribution in [0.5, 0.6) is 0 Å². The first kappa shape index (κ1) is 9.92. The molecule has 0 spiro atoms. The minimum atomic E-state index is -2.93. The molecule has 1 aliphatic rings. The van der Waals surface area contributed by atoms with Crippen LogP contribution in [0.2, 0.25) is 0 Å². The van der Waals surface area contributed by atoms with Crippen molar-refractivity contribution >= 4 is 9.84 Å². The maximum absolute atomic E-state index is 12.0. The molecular weight excluding hydrogens is 181 g/mol. The minimum absolute atomic E-state index is 0.0675. The van der Waals surface area contributed by atoms with Gasteiger partial charge < -0.3 is 5.73 Å². The molecule has 0 amide bonds. The predicted molar refractivity (Wildman–Crippen MR) is 45.3 cm³/mol. The summed E-state index contributed by atoms with van der Waals surface area (Å²) in [5.74, 6) is 0.0587. The van der Waals surface area contributed by atoms with Crippen molar-refractivity contribution in [3.8, 4) is 0 Å². The molecule has 1 aliphatic heterocycles. The number of hydrogen-bond acceptors (Lipinski definition) is 3. The summed E-state index contributed by atoms with van der Waals surface area (Å²) in [6, 6.07) is -0.135. The summed E-state index contributed by atoms with van der Waals surface area (Å²) in [7, 11) is -2.93. The van der Waals surface area contributed by atoms with E-state index in [1.54, 1.807) is 0 Å². The Kier molecular flexibility index (Phi) is 3.06. The van der Waals surface area contributed by atoms with Crippen LogP contribution in [0.4, 0.5) is 4.39 Å². The fourth-order valence-corrected chi connectivity index (χ4v) is 3.39. The summed E-state index contributed by atoms with van der Waals surface area (Å²) < 4.78 is 34.2. The summed E-state index contributed by atoms with van der Waals surface area (Å²) in [5, 5.41) is 0. The number of alkyl halides is 1. The van der Waals surface area contributed by atoms with Gasteiger partial charge in [0, 0.05) is 6.04 Å². The summed E-state index contributed by atoms with van der Waals surface area (Å²) in [4.78, 5) is 0. The highest BCUT2D eigenvalue weighted by Crippen LogP contribution is 2.20. The Hall–Kier alpha value is -0.160. The van der Waals surface area contributed by atoms with E-state index in [-0.39, 0.29) is 29.9 Å². The summed E-state index contributed by atoms with van der Waals surface area (Å²) >= 11 is 0. The van der Waals surface area contributed by atoms with E-state index in [1.807, 2.05) is 0 Å². The van der Waals surface area contributed by atoms with Crippen molar-refractivity contribution in [3.05, 3.63) is 0 Å². The zero-order valence-corrected chi connectivity index (χ0v) is 7.69. The van der Waals surface area contributed by atoms with Crippen LogP contribution in [-0.4, -0.2) is 32.6 Å². The van der Waals surface area contributed by atoms with Crippen LogP contribution in [0.25, 0.3) is 0 Å². The Morgan fingerprint density at radius 3 is 2.75 bits per heavy atom. The lowest BCUT2D eigenvalue weighted by Gasteiger charge is -2.27. The van der Waals surface area contributed by atoms with E-state index >= 15 is 0 Å². The Morgan fingerprint density at radius 2 is 2.17 bits per heavy atom. The quantitative estimate of drug-likeness (QED) is 0.680. The SMILES string of the molecule is NC1CCS(=O)(=O)CC1CCF. The fourth-order valence-electron chi connectivity index (χ4n) is 1.52. The van der Waals surface area contributed by atoms with E-state index < -0.39 is 16.5 Å². The molecule has 0 aliphatic carbocycles. The van der Waals surface area contributed by atoms with Crippen LogP contribution in [0.3, 0.4) is 0 Å². The van der Waals surface area contributed by atoms with E-state index in [4.69, 9.17) is 5.73 Å². The van der Waals surface area contributed by atoms with Crippen molar-refractivity contribution in [2.45, 2.75) is 18.9 Å². The number of hydrogen-bond donors (Lipinski definition) is 1. The average Bonchev–Trinajstić information content (AvgIpc) is 1.97. The molecule has 72 valence electrons. The van der Waals surface area contributed by atoms with E-state index in [0.29, 0.717) is 6.42 Å². The minimum Gasteiger partial charge on any atom is -0.327 e. The molecular formula is C7H14FNO2S. The number of halogens is 1. The smallest absolute Gasteiger partial charge is 0.150 e. The van der Waals surface area contributed by atoms with E-state index in [0.717, 1.165) is 0 Å². The highest BCUT2D eigenvalue weighted by Gasteiger charge is 2.30. The van der Waals surface area contributed by atoms with Gasteiger partial charge in [-0.3, -0.25) is 4.39 Å². The second-order valence-corrected chi connectivity index (χ2v) is 5.53. The van der Waals surface area contributed by atoms with Crippen molar-refractivity contribution in [1.82, 2.24) is 0 Å². The molecule has 5 heteroatoms. The standard InChI is InChI=1S/C7H14FNO2S/c8-3-1-6-5-12(10,11)4-2-7(6)9/h6-7H,1-5,9H2. The molecule has 0 bridgehead atoms. The second-order valence-electron chi connectivity index (χ2n) is 3.30. The van der Waals surface area contributed by atoms with Gasteiger partial charge >= 0.3 is 0 Å². The molecule has 2 atom stereocenters. The molecule has 0 radical (unpaired) electrons. The average molecular weight is 195 g/mol. The zero-order valence-electron chi connectivity index (χ0n) is 6.87. The summed E-state index contributed by atoms with van der Waals surface area (Å²) in [6.07, 6.45) is 0.757. The van der Waals surface area contributed by atoms with Crippen LogP contribution in [0.1, 0.15) is 12.8 Å². The molecule has 0 aromatic carbocycles. The van der Waals surface area contributed by atoms with Crippen molar-refractivity contribution in [2.24, 2.45) is 11.7 Å². The second kappa shape index (κ2) is 3.70. The van der Waals surface area contributed by atoms with Crippen molar-refractivity contribution in [2.75, 3.05) is 18.2 Å². The highest BCUT2D eigenvalue weighted by atomic mass is 32.2. The maximum Gasteiger partial charge on any atom is 0.150 e. The van der Waals surface area contributed by atoms with Gasteiger partial charge in [0.05, 0.1) is 18.2 Å². The Labute approximate surface area is 72.1 Å². The van der Waals surface area contributed by atoms with Crippen molar-refractivity contribution < 1.29 is 12.8 Å². The van der Waals surface area contributed by atoms with Crippen molar-refractivity contribution in [3.63, 3.8) is 0 Å². The van der Waals surface area contributed by atoms with Gasteiger partial charge in [-0.05, 0) is 18.8 Å². The van der Waals surface area contributed by atoms with E-state index in [2.05, 4.69) is 0 Å². The van der Waals surface area contributed by atoms with E-state index in [9.17, 15) is 12.8 Å². The van der Waals surface area contributed by atoms with Gasteiger partial charge in [0.1, 0.15) is 0 Å². The lowest BCUT2D eigenvalue weighted by Crippen LogP contribution is -2.42. The zero-order chi connectivity index (χ0) is 9.19. The van der Waals surface area contributed by atoms with Crippen molar-refractivity contribution in [1.29, 1.82) is 0 Å². The fraction of sp³-hybridized carbons (Fsp3) is 1.00. The Bertz CT molecular complexity index is 240. The molecule has 1 heterocycles. The van der Waals surface area contributed by atoms with Gasteiger partial charge in [0.25, 0.3) is 0 Å². The lowest BCUT2D eigenvalue weighted by molar-refractivity contribution is 0.346. The van der Waals surface area contributed by atoms with Gasteiger partial charge in [-0.2, -0.15) is 0 Å². The molecule has 1 saturated heterocycles.